The first-order valence-electron chi connectivity index (χ1n) is 12.9. The van der Waals surface area contributed by atoms with Crippen molar-refractivity contribution in [2.45, 2.75) is 90.1 Å². The molecule has 0 amide bonds. The number of rotatable bonds is 9. The summed E-state index contributed by atoms with van der Waals surface area (Å²) in [5.41, 5.74) is 0.274. The molecule has 3 aliphatic rings. The largest absolute Gasteiger partial charge is 0.377 e. The van der Waals surface area contributed by atoms with E-state index < -0.39 is 0 Å². The number of ether oxygens (including phenoxy) is 1. The molecule has 6 nitrogen and oxygen atoms in total. The maximum Gasteiger partial charge on any atom is 0.0809 e. The van der Waals surface area contributed by atoms with Crippen LogP contribution < -0.4 is 0 Å². The summed E-state index contributed by atoms with van der Waals surface area (Å²) in [5, 5.41) is 0. The van der Waals surface area contributed by atoms with Gasteiger partial charge in [-0.25, -0.2) is 0 Å². The van der Waals surface area contributed by atoms with Crippen molar-refractivity contribution < 1.29 is 4.74 Å². The molecule has 0 aromatic heterocycles. The van der Waals surface area contributed by atoms with E-state index in [9.17, 15) is 0 Å². The van der Waals surface area contributed by atoms with Crippen molar-refractivity contribution in [1.82, 2.24) is 24.5 Å². The third-order valence-corrected chi connectivity index (χ3v) is 8.16. The smallest absolute Gasteiger partial charge is 0.0809 e. The second-order valence-electron chi connectivity index (χ2n) is 11.5. The molecule has 0 bridgehead atoms. The first-order chi connectivity index (χ1) is 14.6. The Balaban J connectivity index is 1.52. The Bertz CT molecular complexity index is 550. The summed E-state index contributed by atoms with van der Waals surface area (Å²) >= 11 is 0. The SMILES string of the molecule is CC(C)N1CCN(C(C)CCC(C)N2CCN(C(C)C)C3(COC3)C2)C(CN(C)C)C1. The number of likely N-dealkylation sites (N-methyl/N-ethyl adjacent to an activating group) is 1. The fraction of sp³-hybridized carbons (Fsp3) is 1.00. The minimum atomic E-state index is 0.274. The normalized spacial score (nSPS) is 28.5. The Kier molecular flexibility index (Phi) is 8.84. The molecule has 31 heavy (non-hydrogen) atoms. The summed E-state index contributed by atoms with van der Waals surface area (Å²) in [7, 11) is 4.44. The molecule has 0 saturated carbocycles. The van der Waals surface area contributed by atoms with Crippen LogP contribution in [0.1, 0.15) is 54.4 Å². The van der Waals surface area contributed by atoms with E-state index in [-0.39, 0.29) is 5.54 Å². The molecule has 0 aromatic rings. The van der Waals surface area contributed by atoms with Gasteiger partial charge in [0.05, 0.1) is 18.8 Å². The molecule has 182 valence electrons. The van der Waals surface area contributed by atoms with E-state index in [1.165, 1.54) is 52.1 Å². The van der Waals surface area contributed by atoms with Gasteiger partial charge in [-0.05, 0) is 68.5 Å². The van der Waals surface area contributed by atoms with Crippen molar-refractivity contribution >= 4 is 0 Å². The number of piperazine rings is 2. The van der Waals surface area contributed by atoms with Crippen LogP contribution in [0.15, 0.2) is 0 Å². The van der Waals surface area contributed by atoms with Gasteiger partial charge in [-0.2, -0.15) is 0 Å². The van der Waals surface area contributed by atoms with Crippen LogP contribution in [0.4, 0.5) is 0 Å². The van der Waals surface area contributed by atoms with Gasteiger partial charge in [0.1, 0.15) is 0 Å². The quantitative estimate of drug-likeness (QED) is 0.549. The summed E-state index contributed by atoms with van der Waals surface area (Å²) in [6.07, 6.45) is 2.58. The van der Waals surface area contributed by atoms with E-state index in [2.05, 4.69) is 80.1 Å². The van der Waals surface area contributed by atoms with E-state index in [0.29, 0.717) is 30.2 Å². The fourth-order valence-electron chi connectivity index (χ4n) is 6.16. The van der Waals surface area contributed by atoms with Crippen LogP contribution in [0, 0.1) is 0 Å². The van der Waals surface area contributed by atoms with Crippen molar-refractivity contribution in [3.63, 3.8) is 0 Å². The van der Waals surface area contributed by atoms with Crippen LogP contribution in [-0.4, -0.2) is 133 Å². The standard InChI is InChI=1S/C25H51N5O/c1-20(2)27-11-13-29(24(16-27)15-26(7)8)23(6)10-9-22(5)28-12-14-30(21(3)4)25(17-28)18-31-19-25/h20-24H,9-19H2,1-8H3. The minimum absolute atomic E-state index is 0.274. The molecule has 0 radical (unpaired) electrons. The topological polar surface area (TPSA) is 25.4 Å². The molecule has 3 aliphatic heterocycles. The third-order valence-electron chi connectivity index (χ3n) is 8.16. The first kappa shape index (κ1) is 25.4. The molecule has 0 aromatic carbocycles. The Morgan fingerprint density at radius 2 is 1.48 bits per heavy atom. The van der Waals surface area contributed by atoms with E-state index in [1.807, 2.05) is 0 Å². The van der Waals surface area contributed by atoms with Gasteiger partial charge in [0, 0.05) is 76.0 Å². The van der Waals surface area contributed by atoms with Gasteiger partial charge in [-0.1, -0.05) is 0 Å². The van der Waals surface area contributed by atoms with Crippen molar-refractivity contribution in [3.05, 3.63) is 0 Å². The lowest BCUT2D eigenvalue weighted by Gasteiger charge is -2.57. The average molecular weight is 438 g/mol. The van der Waals surface area contributed by atoms with Crippen molar-refractivity contribution in [2.24, 2.45) is 0 Å². The second kappa shape index (κ2) is 10.8. The third kappa shape index (κ3) is 6.01. The molecule has 3 rings (SSSR count). The minimum Gasteiger partial charge on any atom is -0.377 e. The highest BCUT2D eigenvalue weighted by molar-refractivity contribution is 5.04. The lowest BCUT2D eigenvalue weighted by molar-refractivity contribution is -0.182. The van der Waals surface area contributed by atoms with E-state index in [0.717, 1.165) is 19.8 Å². The van der Waals surface area contributed by atoms with Crippen LogP contribution in [0.3, 0.4) is 0 Å². The monoisotopic (exact) mass is 437 g/mol. The van der Waals surface area contributed by atoms with Crippen LogP contribution in [0.2, 0.25) is 0 Å². The summed E-state index contributed by atoms with van der Waals surface area (Å²) in [5.74, 6) is 0. The number of hydrogen-bond acceptors (Lipinski definition) is 6. The molecular formula is C25H51N5O. The molecule has 3 saturated heterocycles. The molecular weight excluding hydrogens is 386 g/mol. The predicted molar refractivity (Wildman–Crippen MR) is 131 cm³/mol. The summed E-state index contributed by atoms with van der Waals surface area (Å²) < 4.78 is 5.69. The molecule has 0 N–H and O–H groups in total. The Labute approximate surface area is 192 Å². The second-order valence-corrected chi connectivity index (χ2v) is 11.5. The maximum absolute atomic E-state index is 5.69. The molecule has 6 heteroatoms. The van der Waals surface area contributed by atoms with Crippen LogP contribution >= 0.6 is 0 Å². The lowest BCUT2D eigenvalue weighted by atomic mass is 9.89. The molecule has 3 fully saturated rings. The molecule has 3 atom stereocenters. The molecule has 3 unspecified atom stereocenters. The van der Waals surface area contributed by atoms with Gasteiger partial charge in [0.25, 0.3) is 0 Å². The Morgan fingerprint density at radius 1 is 0.839 bits per heavy atom. The highest BCUT2D eigenvalue weighted by atomic mass is 16.5. The van der Waals surface area contributed by atoms with Crippen LogP contribution in [0.5, 0.6) is 0 Å². The number of hydrogen-bond donors (Lipinski definition) is 0. The van der Waals surface area contributed by atoms with E-state index in [1.54, 1.807) is 0 Å². The predicted octanol–water partition coefficient (Wildman–Crippen LogP) is 2.29. The fourth-order valence-corrected chi connectivity index (χ4v) is 6.16. The lowest BCUT2D eigenvalue weighted by Crippen LogP contribution is -2.73. The maximum atomic E-state index is 5.69. The van der Waals surface area contributed by atoms with Gasteiger partial charge in [-0.3, -0.25) is 19.6 Å². The zero-order valence-electron chi connectivity index (χ0n) is 21.8. The zero-order chi connectivity index (χ0) is 22.8. The molecule has 3 heterocycles. The summed E-state index contributed by atoms with van der Waals surface area (Å²) in [6, 6.07) is 3.20. The zero-order valence-corrected chi connectivity index (χ0v) is 21.8. The van der Waals surface area contributed by atoms with E-state index in [4.69, 9.17) is 4.74 Å². The van der Waals surface area contributed by atoms with Gasteiger partial charge in [0.2, 0.25) is 0 Å². The van der Waals surface area contributed by atoms with Gasteiger partial charge in [-0.15, -0.1) is 0 Å². The first-order valence-corrected chi connectivity index (χ1v) is 12.9. The van der Waals surface area contributed by atoms with E-state index >= 15 is 0 Å². The summed E-state index contributed by atoms with van der Waals surface area (Å²) in [6.45, 7) is 24.4. The van der Waals surface area contributed by atoms with Crippen LogP contribution in [0.25, 0.3) is 0 Å². The van der Waals surface area contributed by atoms with Gasteiger partial charge >= 0.3 is 0 Å². The van der Waals surface area contributed by atoms with Gasteiger partial charge < -0.3 is 9.64 Å². The Hall–Kier alpha value is -0.240. The Morgan fingerprint density at radius 3 is 2.03 bits per heavy atom. The van der Waals surface area contributed by atoms with Crippen LogP contribution in [-0.2, 0) is 4.74 Å². The van der Waals surface area contributed by atoms with Gasteiger partial charge in [0.15, 0.2) is 0 Å². The number of nitrogens with zero attached hydrogens (tertiary/aromatic N) is 5. The average Bonchev–Trinajstić information content (AvgIpc) is 2.69. The highest BCUT2D eigenvalue weighted by Gasteiger charge is 2.49. The molecule has 0 aliphatic carbocycles. The van der Waals surface area contributed by atoms with Crippen molar-refractivity contribution in [1.29, 1.82) is 0 Å². The molecule has 1 spiro atoms. The summed E-state index contributed by atoms with van der Waals surface area (Å²) in [4.78, 5) is 13.3. The highest BCUT2D eigenvalue weighted by Crippen LogP contribution is 2.32. The van der Waals surface area contributed by atoms with Crippen molar-refractivity contribution in [2.75, 3.05) is 73.1 Å². The van der Waals surface area contributed by atoms with Crippen molar-refractivity contribution in [3.8, 4) is 0 Å².